The topological polar surface area (TPSA) is 197 Å². The van der Waals surface area contributed by atoms with Crippen LogP contribution in [0.25, 0.3) is 0 Å². The van der Waals surface area contributed by atoms with Crippen LogP contribution in [0.5, 0.6) is 0 Å². The van der Waals surface area contributed by atoms with Crippen molar-refractivity contribution >= 4 is 32.1 Å². The van der Waals surface area contributed by atoms with Crippen LogP contribution in [0.15, 0.2) is 97.1 Å². The summed E-state index contributed by atoms with van der Waals surface area (Å²) in [6, 6.07) is 34.5. The van der Waals surface area contributed by atoms with Crippen molar-refractivity contribution in [2.24, 2.45) is 0 Å². The first kappa shape index (κ1) is 62.8. The van der Waals surface area contributed by atoms with Gasteiger partial charge in [0.2, 0.25) is 11.8 Å². The molecule has 2 aliphatic carbocycles. The van der Waals surface area contributed by atoms with Gasteiger partial charge in [-0.2, -0.15) is 26.3 Å². The molecule has 4 N–H and O–H groups in total. The van der Waals surface area contributed by atoms with Gasteiger partial charge in [-0.25, -0.2) is 16.8 Å². The Balaban J connectivity index is 0.000000370. The Morgan fingerprint density at radius 3 is 0.958 bits per heavy atom. The predicted molar refractivity (Wildman–Crippen MR) is 255 cm³/mol. The van der Waals surface area contributed by atoms with E-state index in [0.717, 1.165) is 90.1 Å². The molecule has 0 spiro atoms. The maximum atomic E-state index is 12.8. The van der Waals surface area contributed by atoms with Gasteiger partial charge < -0.3 is 19.7 Å². The van der Waals surface area contributed by atoms with Crippen molar-refractivity contribution in [2.75, 3.05) is 13.1 Å². The fourth-order valence-corrected chi connectivity index (χ4v) is 7.99. The Labute approximate surface area is 424 Å². The number of hydrogen-bond acceptors (Lipinski definition) is 10. The molecule has 0 heterocycles. The van der Waals surface area contributed by atoms with Gasteiger partial charge in [0.05, 0.1) is 24.2 Å². The molecule has 0 saturated carbocycles. The largest absolute Gasteiger partial charge is 2.00 e. The summed E-state index contributed by atoms with van der Waals surface area (Å²) < 4.78 is 118. The standard InChI is InChI=1S/2C24H32N2O.2CHF3O3S.Cu/c2*1-3-5-17-25-24(27)22(10-4-2)26-23-20-13-8-6-11-18(20)15-16-19-12-7-9-14-21(19)23;2*2-1(3,4)8(5,6)7;/h2*6-9,11-14,22-23,26H,3-5,10,15-17H2,1-2H3,(H,25,27);2*(H,5,6,7);/q;;;;+2/p-2/t2*22-;;;/m00.../s1. The van der Waals surface area contributed by atoms with E-state index in [2.05, 4.69) is 146 Å². The van der Waals surface area contributed by atoms with Gasteiger partial charge in [-0.1, -0.05) is 150 Å². The van der Waals surface area contributed by atoms with Crippen LogP contribution in [0, 0.1) is 0 Å². The second-order valence-electron chi connectivity index (χ2n) is 16.8. The minimum Gasteiger partial charge on any atom is -0.741 e. The molecule has 4 aromatic rings. The molecule has 0 aromatic heterocycles. The van der Waals surface area contributed by atoms with Gasteiger partial charge in [0, 0.05) is 13.1 Å². The first-order chi connectivity index (χ1) is 33.0. The van der Waals surface area contributed by atoms with E-state index < -0.39 is 31.3 Å². The Hall–Kier alpha value is -4.34. The number of nitrogens with one attached hydrogen (secondary N) is 4. The average molecular weight is 1090 g/mol. The molecule has 2 aliphatic rings. The van der Waals surface area contributed by atoms with Gasteiger partial charge in [-0.15, -0.1) is 0 Å². The Kier molecular flexibility index (Phi) is 26.5. The molecule has 0 aliphatic heterocycles. The third-order valence-corrected chi connectivity index (χ3v) is 12.7. The average Bonchev–Trinajstić information content (AvgIpc) is 3.56. The number of amides is 2. The number of unbranched alkanes of at least 4 members (excludes halogenated alkanes) is 2. The Bertz CT molecular complexity index is 2230. The van der Waals surface area contributed by atoms with Crippen molar-refractivity contribution in [3.8, 4) is 0 Å². The first-order valence-electron chi connectivity index (χ1n) is 23.4. The molecule has 397 valence electrons. The Morgan fingerprint density at radius 2 is 0.746 bits per heavy atom. The molecule has 2 amide bonds. The second-order valence-corrected chi connectivity index (χ2v) is 19.5. The third-order valence-electron chi connectivity index (χ3n) is 11.5. The van der Waals surface area contributed by atoms with Crippen molar-refractivity contribution in [2.45, 2.75) is 140 Å². The molecule has 1 radical (unpaired) electrons. The van der Waals surface area contributed by atoms with Crippen molar-refractivity contribution in [1.29, 1.82) is 0 Å². The van der Waals surface area contributed by atoms with Crippen molar-refractivity contribution in [3.63, 3.8) is 0 Å². The van der Waals surface area contributed by atoms with Crippen LogP contribution >= 0.6 is 0 Å². The van der Waals surface area contributed by atoms with E-state index >= 15 is 0 Å². The minimum atomic E-state index is -6.09. The van der Waals surface area contributed by atoms with E-state index in [1.165, 1.54) is 44.5 Å². The second kappa shape index (κ2) is 30.0. The number of rotatable bonds is 16. The van der Waals surface area contributed by atoms with Gasteiger partial charge in [-0.3, -0.25) is 20.2 Å². The summed E-state index contributed by atoms with van der Waals surface area (Å²) in [5.41, 5.74) is -0.522. The maximum Gasteiger partial charge on any atom is 2.00 e. The maximum absolute atomic E-state index is 12.8. The molecular weight excluding hydrogens is 1030 g/mol. The third kappa shape index (κ3) is 19.9. The molecule has 71 heavy (non-hydrogen) atoms. The van der Waals surface area contributed by atoms with Gasteiger partial charge in [0.1, 0.15) is 0 Å². The minimum absolute atomic E-state index is 0. The van der Waals surface area contributed by atoms with Crippen LogP contribution in [0.2, 0.25) is 0 Å². The van der Waals surface area contributed by atoms with E-state index in [1.54, 1.807) is 0 Å². The van der Waals surface area contributed by atoms with E-state index in [-0.39, 0.29) is 53.1 Å². The van der Waals surface area contributed by atoms with Crippen LogP contribution in [0.3, 0.4) is 0 Å². The summed E-state index contributed by atoms with van der Waals surface area (Å²) in [4.78, 5) is 25.6. The molecule has 0 unspecified atom stereocenters. The monoisotopic (exact) mass is 1090 g/mol. The number of carbonyl (C=O) groups excluding carboxylic acids is 2. The van der Waals surface area contributed by atoms with E-state index in [9.17, 15) is 35.9 Å². The van der Waals surface area contributed by atoms with Gasteiger partial charge in [-0.05, 0) is 95.9 Å². The van der Waals surface area contributed by atoms with Crippen LogP contribution in [-0.2, 0) is 72.6 Å². The van der Waals surface area contributed by atoms with E-state index in [0.29, 0.717) is 0 Å². The molecule has 0 bridgehead atoms. The van der Waals surface area contributed by atoms with Crippen LogP contribution in [0.1, 0.15) is 136 Å². The smallest absolute Gasteiger partial charge is 0.741 e. The molecule has 4 aromatic carbocycles. The molecule has 21 heteroatoms. The van der Waals surface area contributed by atoms with Crippen LogP contribution in [-0.4, -0.2) is 73.9 Å². The first-order valence-corrected chi connectivity index (χ1v) is 26.2. The molecule has 0 saturated heterocycles. The predicted octanol–water partition coefficient (Wildman–Crippen LogP) is 9.20. The molecule has 6 rings (SSSR count). The number of aryl methyl sites for hydroxylation is 4. The van der Waals surface area contributed by atoms with Gasteiger partial charge in [0.15, 0.2) is 20.2 Å². The van der Waals surface area contributed by atoms with Crippen molar-refractivity contribution < 1.29 is 78.9 Å². The zero-order valence-electron chi connectivity index (χ0n) is 40.1. The SMILES string of the molecule is CCCCNC(=O)[C@H](CCC)NC1c2ccccc2CCc2ccccc21.CCCCNC(=O)[C@H](CCC)NC1c2ccccc2CCc2ccccc21.O=S(=O)([O-])C(F)(F)F.O=S(=O)([O-])C(F)(F)F.[Cu+2]. The van der Waals surface area contributed by atoms with E-state index in [4.69, 9.17) is 25.9 Å². The van der Waals surface area contributed by atoms with Crippen LogP contribution in [0.4, 0.5) is 26.3 Å². The zero-order chi connectivity index (χ0) is 52.1. The van der Waals surface area contributed by atoms with Gasteiger partial charge in [0.25, 0.3) is 0 Å². The number of fused-ring (bicyclic) bond motifs is 4. The fraction of sp³-hybridized carbons (Fsp3) is 0.480. The van der Waals surface area contributed by atoms with Crippen molar-refractivity contribution in [1.82, 2.24) is 21.3 Å². The number of alkyl halides is 6. The summed E-state index contributed by atoms with van der Waals surface area (Å²) in [6.07, 6.45) is 12.1. The summed E-state index contributed by atoms with van der Waals surface area (Å²) >= 11 is 0. The normalized spacial score (nSPS) is 14.4. The summed E-state index contributed by atoms with van der Waals surface area (Å²) in [5, 5.41) is 13.7. The zero-order valence-corrected chi connectivity index (χ0v) is 42.7. The number of hydrogen-bond donors (Lipinski definition) is 4. The summed E-state index contributed by atoms with van der Waals surface area (Å²) in [7, 11) is -12.2. The molecule has 0 fully saturated rings. The van der Waals surface area contributed by atoms with Crippen molar-refractivity contribution in [3.05, 3.63) is 142 Å². The number of benzene rings is 4. The Morgan fingerprint density at radius 1 is 0.507 bits per heavy atom. The quantitative estimate of drug-likeness (QED) is 0.0276. The number of halogens is 6. The van der Waals surface area contributed by atoms with E-state index in [1.807, 2.05) is 0 Å². The molecule has 12 nitrogen and oxygen atoms in total. The van der Waals surface area contributed by atoms with Gasteiger partial charge >= 0.3 is 28.1 Å². The fourth-order valence-electron chi connectivity index (χ4n) is 7.99. The number of carbonyl (C=O) groups is 2. The van der Waals surface area contributed by atoms with Crippen LogP contribution < -0.4 is 21.3 Å². The molecule has 2 atom stereocenters. The molecular formula is C50H64CuF6N4O8S2. The summed E-state index contributed by atoms with van der Waals surface area (Å²) in [5.74, 6) is 0.258. The summed E-state index contributed by atoms with van der Waals surface area (Å²) in [6.45, 7) is 10.1.